The average molecular weight is 270 g/mol. The van der Waals surface area contributed by atoms with E-state index >= 15 is 0 Å². The first-order valence-electron chi connectivity index (χ1n) is 7.36. The Kier molecular flexibility index (Phi) is 2.89. The minimum atomic E-state index is -0.0230. The minimum absolute atomic E-state index is 0.0230. The largest absolute Gasteiger partial charge is 0.365 e. The number of nitrogens with one attached hydrogen (secondary N) is 1. The van der Waals surface area contributed by atoms with E-state index in [4.69, 9.17) is 0 Å². The molecule has 2 atom stereocenters. The molecule has 0 radical (unpaired) electrons. The summed E-state index contributed by atoms with van der Waals surface area (Å²) in [5.74, 6) is 0.517. The molecule has 20 heavy (non-hydrogen) atoms. The number of aromatic nitrogens is 1. The molecule has 0 spiro atoms. The number of benzene rings is 1. The Balaban J connectivity index is 2.32. The highest BCUT2D eigenvalue weighted by Crippen LogP contribution is 2.43. The average Bonchev–Trinajstić information content (AvgIpc) is 2.59. The molecule has 3 heteroatoms. The van der Waals surface area contributed by atoms with Crippen molar-refractivity contribution in [3.8, 4) is 0 Å². The van der Waals surface area contributed by atoms with Crippen LogP contribution in [0.2, 0.25) is 0 Å². The first-order valence-corrected chi connectivity index (χ1v) is 7.36. The lowest BCUT2D eigenvalue weighted by molar-refractivity contribution is 0.550. The van der Waals surface area contributed by atoms with Gasteiger partial charge in [0.1, 0.15) is 0 Å². The normalized spacial score (nSPS) is 21.8. The molecule has 1 N–H and O–H groups in total. The van der Waals surface area contributed by atoms with Gasteiger partial charge in [0.15, 0.2) is 0 Å². The number of hydrogen-bond acceptors (Lipinski definition) is 2. The first kappa shape index (κ1) is 13.2. The fourth-order valence-electron chi connectivity index (χ4n) is 3.53. The van der Waals surface area contributed by atoms with Gasteiger partial charge in [-0.15, -0.1) is 0 Å². The van der Waals surface area contributed by atoms with Crippen molar-refractivity contribution in [1.29, 1.82) is 0 Å². The molecule has 0 saturated heterocycles. The van der Waals surface area contributed by atoms with Crippen molar-refractivity contribution in [2.45, 2.75) is 52.6 Å². The highest BCUT2D eigenvalue weighted by molar-refractivity contribution is 5.88. The van der Waals surface area contributed by atoms with Crippen molar-refractivity contribution in [3.05, 3.63) is 39.7 Å². The predicted molar refractivity (Wildman–Crippen MR) is 84.8 cm³/mol. The Morgan fingerprint density at radius 3 is 2.55 bits per heavy atom. The van der Waals surface area contributed by atoms with Crippen LogP contribution in [0.25, 0.3) is 10.9 Å². The number of rotatable bonds is 1. The molecule has 106 valence electrons. The van der Waals surface area contributed by atoms with Gasteiger partial charge in [0.25, 0.3) is 0 Å². The topological polar surface area (TPSA) is 36.1 Å². The van der Waals surface area contributed by atoms with Crippen LogP contribution in [0, 0.1) is 6.92 Å². The molecule has 1 aliphatic rings. The van der Waals surface area contributed by atoms with Crippen LogP contribution in [0.3, 0.4) is 0 Å². The van der Waals surface area contributed by atoms with Crippen LogP contribution in [0.1, 0.15) is 44.7 Å². The zero-order chi connectivity index (χ0) is 14.6. The van der Waals surface area contributed by atoms with Crippen molar-refractivity contribution >= 4 is 16.6 Å². The number of H-pyrrole nitrogens is 1. The summed E-state index contributed by atoms with van der Waals surface area (Å²) < 4.78 is 0. The Morgan fingerprint density at radius 2 is 1.90 bits per heavy atom. The van der Waals surface area contributed by atoms with Gasteiger partial charge in [-0.3, -0.25) is 4.79 Å². The summed E-state index contributed by atoms with van der Waals surface area (Å²) in [6, 6.07) is 7.05. The lowest BCUT2D eigenvalue weighted by Crippen LogP contribution is -2.36. The first-order chi connectivity index (χ1) is 9.40. The third-order valence-corrected chi connectivity index (χ3v) is 4.68. The van der Waals surface area contributed by atoms with Crippen molar-refractivity contribution in [1.82, 2.24) is 4.98 Å². The van der Waals surface area contributed by atoms with Crippen molar-refractivity contribution in [2.75, 3.05) is 4.90 Å². The van der Waals surface area contributed by atoms with Gasteiger partial charge in [0.2, 0.25) is 5.56 Å². The molecule has 0 saturated carbocycles. The summed E-state index contributed by atoms with van der Waals surface area (Å²) in [6.07, 6.45) is 0. The number of fused-ring (bicyclic) bond motifs is 2. The summed E-state index contributed by atoms with van der Waals surface area (Å²) in [4.78, 5) is 17.1. The molecular formula is C17H22N2O. The van der Waals surface area contributed by atoms with Gasteiger partial charge in [-0.1, -0.05) is 6.92 Å². The quantitative estimate of drug-likeness (QED) is 0.860. The second-order valence-corrected chi connectivity index (χ2v) is 6.30. The lowest BCUT2D eigenvalue weighted by Gasteiger charge is -2.30. The van der Waals surface area contributed by atoms with Crippen LogP contribution in [0.15, 0.2) is 23.0 Å². The van der Waals surface area contributed by atoms with E-state index in [-0.39, 0.29) is 5.56 Å². The third-order valence-electron chi connectivity index (χ3n) is 4.68. The van der Waals surface area contributed by atoms with Crippen LogP contribution in [0.4, 0.5) is 5.69 Å². The third kappa shape index (κ3) is 1.76. The smallest absolute Gasteiger partial charge is 0.248 e. The molecule has 0 bridgehead atoms. The Morgan fingerprint density at radius 1 is 1.20 bits per heavy atom. The summed E-state index contributed by atoms with van der Waals surface area (Å²) >= 11 is 0. The number of anilines is 1. The number of aryl methyl sites for hydroxylation is 1. The number of pyridine rings is 1. The zero-order valence-corrected chi connectivity index (χ0v) is 12.8. The summed E-state index contributed by atoms with van der Waals surface area (Å²) in [6.45, 7) is 11.0. The van der Waals surface area contributed by atoms with E-state index < -0.39 is 0 Å². The van der Waals surface area contributed by atoms with Crippen molar-refractivity contribution < 1.29 is 0 Å². The van der Waals surface area contributed by atoms with Crippen LogP contribution in [-0.4, -0.2) is 17.1 Å². The molecule has 3 nitrogen and oxygen atoms in total. The fraction of sp³-hybridized carbons (Fsp3) is 0.471. The van der Waals surface area contributed by atoms with Gasteiger partial charge >= 0.3 is 0 Å². The molecule has 3 rings (SSSR count). The van der Waals surface area contributed by atoms with Crippen molar-refractivity contribution in [2.24, 2.45) is 0 Å². The predicted octanol–water partition coefficient (Wildman–Crippen LogP) is 3.56. The number of nitrogens with zero attached hydrogens (tertiary/aromatic N) is 1. The van der Waals surface area contributed by atoms with E-state index in [0.717, 1.165) is 16.5 Å². The molecule has 1 aromatic carbocycles. The van der Waals surface area contributed by atoms with E-state index in [1.54, 1.807) is 6.07 Å². The van der Waals surface area contributed by atoms with E-state index in [1.165, 1.54) is 11.3 Å². The van der Waals surface area contributed by atoms with Gasteiger partial charge in [0, 0.05) is 35.1 Å². The zero-order valence-electron chi connectivity index (χ0n) is 12.8. The highest BCUT2D eigenvalue weighted by Gasteiger charge is 2.34. The Bertz CT molecular complexity index is 730. The van der Waals surface area contributed by atoms with Gasteiger partial charge < -0.3 is 9.88 Å². The molecule has 2 heterocycles. The SMILES string of the molecule is Cc1cc(=O)[nH]c2cc3c(cc12)C(C)C(C)N3C(C)C. The molecule has 0 amide bonds. The maximum atomic E-state index is 11.7. The molecule has 2 unspecified atom stereocenters. The van der Waals surface area contributed by atoms with Crippen LogP contribution < -0.4 is 10.5 Å². The highest BCUT2D eigenvalue weighted by atomic mass is 16.1. The van der Waals surface area contributed by atoms with Crippen molar-refractivity contribution in [3.63, 3.8) is 0 Å². The minimum Gasteiger partial charge on any atom is -0.365 e. The van der Waals surface area contributed by atoms with Crippen LogP contribution >= 0.6 is 0 Å². The molecule has 0 fully saturated rings. The monoisotopic (exact) mass is 270 g/mol. The van der Waals surface area contributed by atoms with Crippen LogP contribution in [0.5, 0.6) is 0 Å². The molecular weight excluding hydrogens is 248 g/mol. The maximum Gasteiger partial charge on any atom is 0.248 e. The molecule has 2 aromatic rings. The second kappa shape index (κ2) is 4.37. The van der Waals surface area contributed by atoms with E-state index in [2.05, 4.69) is 49.7 Å². The standard InChI is InChI=1S/C17H22N2O/c1-9(2)19-12(5)11(4)14-7-13-10(3)6-17(20)18-15(13)8-16(14)19/h6-9,11-12H,1-5H3,(H,18,20). The summed E-state index contributed by atoms with van der Waals surface area (Å²) in [7, 11) is 0. The maximum absolute atomic E-state index is 11.7. The Labute approximate surface area is 119 Å². The number of aromatic amines is 1. The van der Waals surface area contributed by atoms with Gasteiger partial charge in [-0.2, -0.15) is 0 Å². The summed E-state index contributed by atoms with van der Waals surface area (Å²) in [5.41, 5.74) is 4.64. The second-order valence-electron chi connectivity index (χ2n) is 6.30. The van der Waals surface area contributed by atoms with E-state index in [1.807, 2.05) is 6.92 Å². The fourth-order valence-corrected chi connectivity index (χ4v) is 3.53. The molecule has 0 aliphatic carbocycles. The van der Waals surface area contributed by atoms with Gasteiger partial charge in [0.05, 0.1) is 5.52 Å². The van der Waals surface area contributed by atoms with Gasteiger partial charge in [-0.05, 0) is 51.0 Å². The number of hydrogen-bond donors (Lipinski definition) is 1. The van der Waals surface area contributed by atoms with Crippen LogP contribution in [-0.2, 0) is 0 Å². The molecule has 1 aromatic heterocycles. The summed E-state index contributed by atoms with van der Waals surface area (Å²) in [5, 5.41) is 1.16. The van der Waals surface area contributed by atoms with E-state index in [0.29, 0.717) is 18.0 Å². The van der Waals surface area contributed by atoms with E-state index in [9.17, 15) is 4.79 Å². The lowest BCUT2D eigenvalue weighted by atomic mass is 9.96. The Hall–Kier alpha value is -1.77. The van der Waals surface area contributed by atoms with Gasteiger partial charge in [-0.25, -0.2) is 0 Å². The molecule has 1 aliphatic heterocycles.